The van der Waals surface area contributed by atoms with Crippen molar-refractivity contribution in [3.8, 4) is 16.9 Å². The number of carboxylic acids is 1. The van der Waals surface area contributed by atoms with Crippen molar-refractivity contribution in [2.24, 2.45) is 0 Å². The van der Waals surface area contributed by atoms with Crippen LogP contribution in [-0.4, -0.2) is 22.1 Å². The average Bonchev–Trinajstić information content (AvgIpc) is 2.70. The lowest BCUT2D eigenvalue weighted by atomic mass is 10.0. The van der Waals surface area contributed by atoms with Gasteiger partial charge in [-0.3, -0.25) is 4.79 Å². The third kappa shape index (κ3) is 4.44. The van der Waals surface area contributed by atoms with E-state index in [2.05, 4.69) is 5.32 Å². The zero-order chi connectivity index (χ0) is 21.0. The molecule has 1 amide bonds. The van der Waals surface area contributed by atoms with Crippen molar-refractivity contribution in [1.82, 2.24) is 5.32 Å². The van der Waals surface area contributed by atoms with Crippen LogP contribution in [0.4, 0.5) is 4.39 Å². The highest BCUT2D eigenvalue weighted by Gasteiger charge is 2.18. The number of halogens is 2. The van der Waals surface area contributed by atoms with Gasteiger partial charge in [0.2, 0.25) is 0 Å². The maximum atomic E-state index is 14.4. The van der Waals surface area contributed by atoms with E-state index in [1.54, 1.807) is 30.3 Å². The van der Waals surface area contributed by atoms with Gasteiger partial charge >= 0.3 is 5.97 Å². The summed E-state index contributed by atoms with van der Waals surface area (Å²) in [5.74, 6) is -3.08. The van der Waals surface area contributed by atoms with Crippen LogP contribution in [-0.2, 0) is 4.79 Å². The maximum Gasteiger partial charge on any atom is 0.352 e. The predicted molar refractivity (Wildman–Crippen MR) is 108 cm³/mol. The third-order valence-electron chi connectivity index (χ3n) is 4.11. The van der Waals surface area contributed by atoms with E-state index < -0.39 is 23.4 Å². The highest BCUT2D eigenvalue weighted by molar-refractivity contribution is 6.35. The summed E-state index contributed by atoms with van der Waals surface area (Å²) in [7, 11) is 0. The van der Waals surface area contributed by atoms with Gasteiger partial charge in [0.05, 0.1) is 10.6 Å². The van der Waals surface area contributed by atoms with Gasteiger partial charge in [-0.15, -0.1) is 0 Å². The lowest BCUT2D eigenvalue weighted by molar-refractivity contribution is -0.132. The Hall–Kier alpha value is -3.64. The monoisotopic (exact) mass is 411 g/mol. The smallest absolute Gasteiger partial charge is 0.352 e. The van der Waals surface area contributed by atoms with E-state index in [0.717, 1.165) is 6.08 Å². The Labute approximate surface area is 170 Å². The average molecular weight is 412 g/mol. The summed E-state index contributed by atoms with van der Waals surface area (Å²) in [6.45, 7) is 0. The minimum atomic E-state index is -1.42. The number of rotatable bonds is 5. The van der Waals surface area contributed by atoms with Gasteiger partial charge in [0.15, 0.2) is 0 Å². The molecule has 0 aliphatic rings. The molecule has 3 rings (SSSR count). The lowest BCUT2D eigenvalue weighted by Crippen LogP contribution is -2.27. The highest BCUT2D eigenvalue weighted by Crippen LogP contribution is 2.34. The molecule has 0 unspecified atom stereocenters. The van der Waals surface area contributed by atoms with Crippen LogP contribution in [0.1, 0.15) is 15.9 Å². The molecule has 0 saturated heterocycles. The van der Waals surface area contributed by atoms with Crippen LogP contribution in [0.2, 0.25) is 5.02 Å². The molecule has 0 saturated carbocycles. The zero-order valence-electron chi connectivity index (χ0n) is 14.9. The topological polar surface area (TPSA) is 86.6 Å². The van der Waals surface area contributed by atoms with Crippen molar-refractivity contribution in [1.29, 1.82) is 0 Å². The molecule has 3 aromatic rings. The van der Waals surface area contributed by atoms with Crippen LogP contribution in [0.15, 0.2) is 72.4 Å². The molecular formula is C22H15ClFNO4. The van der Waals surface area contributed by atoms with Gasteiger partial charge in [0, 0.05) is 5.56 Å². The number of carbonyl (C=O) groups excluding carboxylic acids is 1. The fraction of sp³-hybridized carbons (Fsp3) is 0. The Balaban J connectivity index is 2.01. The summed E-state index contributed by atoms with van der Waals surface area (Å²) in [6, 6.07) is 16.8. The Morgan fingerprint density at radius 2 is 1.62 bits per heavy atom. The van der Waals surface area contributed by atoms with Gasteiger partial charge < -0.3 is 15.5 Å². The number of hydrogen-bond acceptors (Lipinski definition) is 3. The molecule has 146 valence electrons. The van der Waals surface area contributed by atoms with Crippen molar-refractivity contribution >= 4 is 29.6 Å². The Morgan fingerprint density at radius 1 is 0.966 bits per heavy atom. The standard InChI is InChI=1S/C22H15ClFNO4/c23-20-14(10-11-16(24)19(20)13-6-2-1-3-7-13)12-17(22(28)29)25-21(27)15-8-4-5-9-18(15)26/h1-12,26H,(H,25,27)(H,28,29)/b17-12+. The van der Waals surface area contributed by atoms with Gasteiger partial charge in [0.25, 0.3) is 5.91 Å². The molecule has 29 heavy (non-hydrogen) atoms. The number of amides is 1. The van der Waals surface area contributed by atoms with Crippen LogP contribution in [0.25, 0.3) is 17.2 Å². The van der Waals surface area contributed by atoms with Crippen LogP contribution < -0.4 is 5.32 Å². The number of aliphatic carboxylic acids is 1. The Kier molecular flexibility index (Phi) is 5.95. The molecule has 3 aromatic carbocycles. The zero-order valence-corrected chi connectivity index (χ0v) is 15.7. The minimum Gasteiger partial charge on any atom is -0.507 e. The van der Waals surface area contributed by atoms with E-state index in [0.29, 0.717) is 5.56 Å². The fourth-order valence-corrected chi connectivity index (χ4v) is 3.03. The number of para-hydroxylation sites is 1. The maximum absolute atomic E-state index is 14.4. The molecule has 0 radical (unpaired) electrons. The summed E-state index contributed by atoms with van der Waals surface area (Å²) >= 11 is 6.35. The molecule has 0 fully saturated rings. The Bertz CT molecular complexity index is 1110. The number of phenols is 1. The number of aromatic hydroxyl groups is 1. The van der Waals surface area contributed by atoms with Crippen LogP contribution in [0.5, 0.6) is 5.75 Å². The molecule has 0 aromatic heterocycles. The van der Waals surface area contributed by atoms with Crippen LogP contribution in [0, 0.1) is 5.82 Å². The van der Waals surface area contributed by atoms with Crippen molar-refractivity contribution in [2.75, 3.05) is 0 Å². The van der Waals surface area contributed by atoms with Crippen molar-refractivity contribution in [3.63, 3.8) is 0 Å². The number of benzene rings is 3. The second kappa shape index (κ2) is 8.58. The lowest BCUT2D eigenvalue weighted by Gasteiger charge is -2.11. The highest BCUT2D eigenvalue weighted by atomic mass is 35.5. The number of phenolic OH excluding ortho intramolecular Hbond substituents is 1. The quantitative estimate of drug-likeness (QED) is 0.531. The number of carboxylic acid groups (broad SMARTS) is 1. The molecule has 3 N–H and O–H groups in total. The van der Waals surface area contributed by atoms with Crippen LogP contribution in [0.3, 0.4) is 0 Å². The second-order valence-electron chi connectivity index (χ2n) is 6.03. The fourth-order valence-electron chi connectivity index (χ4n) is 2.71. The molecular weight excluding hydrogens is 397 g/mol. The summed E-state index contributed by atoms with van der Waals surface area (Å²) in [5.41, 5.74) is 0.292. The molecule has 0 atom stereocenters. The van der Waals surface area contributed by atoms with Crippen LogP contribution >= 0.6 is 11.6 Å². The van der Waals surface area contributed by atoms with Crippen molar-refractivity contribution in [3.05, 3.63) is 94.4 Å². The third-order valence-corrected chi connectivity index (χ3v) is 4.52. The number of carbonyl (C=O) groups is 2. The van der Waals surface area contributed by atoms with Gasteiger partial charge in [-0.1, -0.05) is 60.1 Å². The van der Waals surface area contributed by atoms with E-state index in [4.69, 9.17) is 11.6 Å². The van der Waals surface area contributed by atoms with E-state index in [1.807, 2.05) is 0 Å². The minimum absolute atomic E-state index is 0.00626. The van der Waals surface area contributed by atoms with Gasteiger partial charge in [-0.05, 0) is 35.4 Å². The first-order chi connectivity index (χ1) is 13.9. The summed E-state index contributed by atoms with van der Waals surface area (Å²) in [6.07, 6.45) is 1.13. The number of nitrogens with one attached hydrogen (secondary N) is 1. The molecule has 0 aliphatic carbocycles. The van der Waals surface area contributed by atoms with Crippen molar-refractivity contribution in [2.45, 2.75) is 0 Å². The summed E-state index contributed by atoms with van der Waals surface area (Å²) in [4.78, 5) is 24.0. The van der Waals surface area contributed by atoms with Gasteiger partial charge in [-0.25, -0.2) is 9.18 Å². The Morgan fingerprint density at radius 3 is 2.28 bits per heavy atom. The first kappa shape index (κ1) is 20.1. The second-order valence-corrected chi connectivity index (χ2v) is 6.40. The molecule has 0 bridgehead atoms. The molecule has 0 spiro atoms. The van der Waals surface area contributed by atoms with E-state index in [9.17, 15) is 24.2 Å². The summed E-state index contributed by atoms with van der Waals surface area (Å²) < 4.78 is 14.4. The largest absolute Gasteiger partial charge is 0.507 e. The molecule has 7 heteroatoms. The van der Waals surface area contributed by atoms with E-state index in [1.165, 1.54) is 36.4 Å². The van der Waals surface area contributed by atoms with Crippen molar-refractivity contribution < 1.29 is 24.2 Å². The molecule has 0 heterocycles. The van der Waals surface area contributed by atoms with Gasteiger partial charge in [-0.2, -0.15) is 0 Å². The predicted octanol–water partition coefficient (Wildman–Crippen LogP) is 4.71. The van der Waals surface area contributed by atoms with E-state index in [-0.39, 0.29) is 27.5 Å². The SMILES string of the molecule is O=C(O)/C(=C\c1ccc(F)c(-c2ccccc2)c1Cl)NC(=O)c1ccccc1O. The molecule has 5 nitrogen and oxygen atoms in total. The van der Waals surface area contributed by atoms with Gasteiger partial charge in [0.1, 0.15) is 17.3 Å². The first-order valence-corrected chi connectivity index (χ1v) is 8.84. The first-order valence-electron chi connectivity index (χ1n) is 8.46. The van der Waals surface area contributed by atoms with E-state index >= 15 is 0 Å². The normalized spacial score (nSPS) is 11.2. The number of hydrogen-bond donors (Lipinski definition) is 3. The summed E-state index contributed by atoms with van der Waals surface area (Å²) in [5, 5.41) is 21.5. The molecule has 0 aliphatic heterocycles.